The quantitative estimate of drug-likeness (QED) is 0.371. The van der Waals surface area contributed by atoms with Crippen LogP contribution in [0.15, 0.2) is 12.1 Å². The topological polar surface area (TPSA) is 69.4 Å². The van der Waals surface area contributed by atoms with E-state index in [1.807, 2.05) is 0 Å². The fourth-order valence-corrected chi connectivity index (χ4v) is 1.77. The Kier molecular flexibility index (Phi) is 4.62. The van der Waals surface area contributed by atoms with Crippen LogP contribution in [0.25, 0.3) is 0 Å². The number of nitro groups is 1. The zero-order valence-electron chi connectivity index (χ0n) is 9.53. The number of ether oxygens (including phenoxy) is 1. The van der Waals surface area contributed by atoms with Gasteiger partial charge in [-0.15, -0.1) is 0 Å². The van der Waals surface area contributed by atoms with E-state index < -0.39 is 10.9 Å². The van der Waals surface area contributed by atoms with Gasteiger partial charge in [-0.3, -0.25) is 10.1 Å². The van der Waals surface area contributed by atoms with Crippen molar-refractivity contribution in [2.24, 2.45) is 0 Å². The van der Waals surface area contributed by atoms with Crippen molar-refractivity contribution in [2.45, 2.75) is 19.2 Å². The minimum atomic E-state index is -0.532. The van der Waals surface area contributed by atoms with Crippen LogP contribution >= 0.6 is 15.9 Å². The molecule has 0 atom stereocenters. The molecule has 0 unspecified atom stereocenters. The first-order chi connectivity index (χ1) is 8.01. The molecule has 0 aliphatic carbocycles. The summed E-state index contributed by atoms with van der Waals surface area (Å²) in [7, 11) is 0. The first-order valence-electron chi connectivity index (χ1n) is 5.02. The van der Waals surface area contributed by atoms with E-state index in [9.17, 15) is 14.9 Å². The van der Waals surface area contributed by atoms with E-state index in [0.717, 1.165) is 0 Å². The molecular weight excluding hydrogens is 290 g/mol. The Balaban J connectivity index is 3.33. The Morgan fingerprint density at radius 3 is 2.65 bits per heavy atom. The third-order valence-corrected chi connectivity index (χ3v) is 2.93. The van der Waals surface area contributed by atoms with Crippen molar-refractivity contribution in [3.05, 3.63) is 38.9 Å². The number of carbonyl (C=O) groups is 1. The second kappa shape index (κ2) is 5.77. The van der Waals surface area contributed by atoms with Crippen LogP contribution < -0.4 is 0 Å². The first-order valence-corrected chi connectivity index (χ1v) is 6.14. The van der Waals surface area contributed by atoms with Crippen molar-refractivity contribution in [3.63, 3.8) is 0 Å². The number of nitrogens with zero attached hydrogens (tertiary/aromatic N) is 1. The lowest BCUT2D eigenvalue weighted by Gasteiger charge is -2.07. The van der Waals surface area contributed by atoms with E-state index in [1.165, 1.54) is 6.07 Å². The van der Waals surface area contributed by atoms with Crippen LogP contribution in [0.4, 0.5) is 5.69 Å². The van der Waals surface area contributed by atoms with Crippen LogP contribution in [0.1, 0.15) is 28.4 Å². The SMILES string of the molecule is CCOC(=O)c1cc(CBr)cc([N+](=O)[O-])c1C. The summed E-state index contributed by atoms with van der Waals surface area (Å²) in [5, 5.41) is 11.3. The van der Waals surface area contributed by atoms with Gasteiger partial charge in [-0.25, -0.2) is 4.79 Å². The van der Waals surface area contributed by atoms with Crippen LogP contribution in [0, 0.1) is 17.0 Å². The third-order valence-electron chi connectivity index (χ3n) is 2.29. The fourth-order valence-electron chi connectivity index (χ4n) is 1.44. The number of nitro benzene ring substituents is 1. The van der Waals surface area contributed by atoms with Gasteiger partial charge in [0.2, 0.25) is 0 Å². The molecule has 0 bridgehead atoms. The number of benzene rings is 1. The lowest BCUT2D eigenvalue weighted by atomic mass is 10.0. The molecule has 0 radical (unpaired) electrons. The molecule has 0 saturated carbocycles. The molecule has 0 spiro atoms. The van der Waals surface area contributed by atoms with Gasteiger partial charge in [0.15, 0.2) is 0 Å². The summed E-state index contributed by atoms with van der Waals surface area (Å²) in [5.41, 5.74) is 1.18. The van der Waals surface area contributed by atoms with Crippen molar-refractivity contribution >= 4 is 27.6 Å². The van der Waals surface area contributed by atoms with Gasteiger partial charge in [0, 0.05) is 17.0 Å². The zero-order valence-corrected chi connectivity index (χ0v) is 11.1. The van der Waals surface area contributed by atoms with Gasteiger partial charge >= 0.3 is 5.97 Å². The zero-order chi connectivity index (χ0) is 13.0. The summed E-state index contributed by atoms with van der Waals surface area (Å²) in [6.45, 7) is 3.48. The van der Waals surface area contributed by atoms with Crippen LogP contribution in [-0.2, 0) is 10.1 Å². The molecular formula is C11H12BrNO4. The predicted octanol–water partition coefficient (Wildman–Crippen LogP) is 2.97. The number of rotatable bonds is 4. The van der Waals surface area contributed by atoms with Gasteiger partial charge in [-0.2, -0.15) is 0 Å². The van der Waals surface area contributed by atoms with E-state index in [2.05, 4.69) is 15.9 Å². The lowest BCUT2D eigenvalue weighted by molar-refractivity contribution is -0.385. The molecule has 0 aromatic heterocycles. The molecule has 0 heterocycles. The monoisotopic (exact) mass is 301 g/mol. The Bertz CT molecular complexity index is 459. The maximum Gasteiger partial charge on any atom is 0.338 e. The van der Waals surface area contributed by atoms with Crippen molar-refractivity contribution < 1.29 is 14.5 Å². The van der Waals surface area contributed by atoms with Gasteiger partial charge in [0.25, 0.3) is 5.69 Å². The molecule has 1 aromatic carbocycles. The van der Waals surface area contributed by atoms with Crippen molar-refractivity contribution in [1.82, 2.24) is 0 Å². The van der Waals surface area contributed by atoms with E-state index in [1.54, 1.807) is 19.9 Å². The van der Waals surface area contributed by atoms with Crippen LogP contribution in [0.2, 0.25) is 0 Å². The number of halogens is 1. The molecule has 92 valence electrons. The second-order valence-electron chi connectivity index (χ2n) is 3.40. The van der Waals surface area contributed by atoms with Gasteiger partial charge < -0.3 is 4.74 Å². The molecule has 5 nitrogen and oxygen atoms in total. The minimum absolute atomic E-state index is 0.0648. The molecule has 0 aliphatic rings. The Labute approximate surface area is 107 Å². The summed E-state index contributed by atoms with van der Waals surface area (Å²) in [6, 6.07) is 3.06. The highest BCUT2D eigenvalue weighted by atomic mass is 79.9. The molecule has 6 heteroatoms. The van der Waals surface area contributed by atoms with Crippen LogP contribution in [0.3, 0.4) is 0 Å². The summed E-state index contributed by atoms with van der Waals surface area (Å²) < 4.78 is 4.87. The van der Waals surface area contributed by atoms with Crippen molar-refractivity contribution in [2.75, 3.05) is 6.61 Å². The number of esters is 1. The summed E-state index contributed by atoms with van der Waals surface area (Å²) >= 11 is 3.21. The van der Waals surface area contributed by atoms with Crippen LogP contribution in [0.5, 0.6) is 0 Å². The van der Waals surface area contributed by atoms with Gasteiger partial charge in [-0.05, 0) is 25.5 Å². The number of hydrogen-bond acceptors (Lipinski definition) is 4. The van der Waals surface area contributed by atoms with Gasteiger partial charge in [0.05, 0.1) is 17.1 Å². The summed E-state index contributed by atoms with van der Waals surface area (Å²) in [5.74, 6) is -0.532. The number of alkyl halides is 1. The minimum Gasteiger partial charge on any atom is -0.462 e. The first kappa shape index (κ1) is 13.6. The normalized spacial score (nSPS) is 10.1. The van der Waals surface area contributed by atoms with Crippen molar-refractivity contribution in [1.29, 1.82) is 0 Å². The maximum absolute atomic E-state index is 11.6. The lowest BCUT2D eigenvalue weighted by Crippen LogP contribution is -2.09. The molecule has 0 N–H and O–H groups in total. The van der Waals surface area contributed by atoms with Crippen molar-refractivity contribution in [3.8, 4) is 0 Å². The average molecular weight is 302 g/mol. The van der Waals surface area contributed by atoms with E-state index in [0.29, 0.717) is 16.5 Å². The molecule has 0 aliphatic heterocycles. The standard InChI is InChI=1S/C11H12BrNO4/c1-3-17-11(14)9-4-8(6-12)5-10(7(9)2)13(15)16/h4-5H,3,6H2,1-2H3. The average Bonchev–Trinajstić information content (AvgIpc) is 2.29. The number of hydrogen-bond donors (Lipinski definition) is 0. The van der Waals surface area contributed by atoms with Gasteiger partial charge in [0.1, 0.15) is 0 Å². The Morgan fingerprint density at radius 1 is 1.53 bits per heavy atom. The van der Waals surface area contributed by atoms with E-state index >= 15 is 0 Å². The molecule has 17 heavy (non-hydrogen) atoms. The highest BCUT2D eigenvalue weighted by Gasteiger charge is 2.20. The maximum atomic E-state index is 11.6. The predicted molar refractivity (Wildman–Crippen MR) is 66.4 cm³/mol. The smallest absolute Gasteiger partial charge is 0.338 e. The summed E-state index contributed by atoms with van der Waals surface area (Å²) in [6.07, 6.45) is 0. The molecule has 1 aromatic rings. The summed E-state index contributed by atoms with van der Waals surface area (Å²) in [4.78, 5) is 22.0. The Morgan fingerprint density at radius 2 is 2.18 bits per heavy atom. The molecule has 0 amide bonds. The highest BCUT2D eigenvalue weighted by Crippen LogP contribution is 2.25. The van der Waals surface area contributed by atoms with Crippen LogP contribution in [-0.4, -0.2) is 17.5 Å². The fraction of sp³-hybridized carbons (Fsp3) is 0.364. The third kappa shape index (κ3) is 3.03. The van der Waals surface area contributed by atoms with E-state index in [-0.39, 0.29) is 17.9 Å². The van der Waals surface area contributed by atoms with E-state index in [4.69, 9.17) is 4.74 Å². The second-order valence-corrected chi connectivity index (χ2v) is 3.96. The number of carbonyl (C=O) groups excluding carboxylic acids is 1. The molecule has 1 rings (SSSR count). The largest absolute Gasteiger partial charge is 0.462 e. The molecule has 0 saturated heterocycles. The molecule has 0 fully saturated rings. The van der Waals surface area contributed by atoms with Gasteiger partial charge in [-0.1, -0.05) is 15.9 Å². The Hall–Kier alpha value is -1.43. The highest BCUT2D eigenvalue weighted by molar-refractivity contribution is 9.08.